The van der Waals surface area contributed by atoms with Gasteiger partial charge in [-0.05, 0) is 30.4 Å². The van der Waals surface area contributed by atoms with E-state index < -0.39 is 20.6 Å². The zero-order valence-corrected chi connectivity index (χ0v) is 13.4. The maximum atomic E-state index is 12.5. The number of rotatable bonds is 3. The van der Waals surface area contributed by atoms with Gasteiger partial charge >= 0.3 is 0 Å². The van der Waals surface area contributed by atoms with E-state index in [1.54, 1.807) is 0 Å². The lowest BCUT2D eigenvalue weighted by Gasteiger charge is -2.36. The van der Waals surface area contributed by atoms with E-state index in [-0.39, 0.29) is 15.3 Å². The van der Waals surface area contributed by atoms with Crippen molar-refractivity contribution in [2.45, 2.75) is 31.6 Å². The van der Waals surface area contributed by atoms with Gasteiger partial charge in [-0.1, -0.05) is 25.4 Å². The van der Waals surface area contributed by atoms with E-state index >= 15 is 0 Å². The Labute approximate surface area is 128 Å². The van der Waals surface area contributed by atoms with Crippen molar-refractivity contribution < 1.29 is 13.3 Å². The molecule has 0 unspecified atom stereocenters. The van der Waals surface area contributed by atoms with Crippen LogP contribution in [-0.4, -0.2) is 30.7 Å². The number of nitro benzene ring substituents is 1. The van der Waals surface area contributed by atoms with Gasteiger partial charge in [0.2, 0.25) is 10.0 Å². The Kier molecular flexibility index (Phi) is 4.28. The number of hydrogen-bond acceptors (Lipinski definition) is 4. The van der Waals surface area contributed by atoms with Crippen molar-refractivity contribution in [2.75, 3.05) is 13.1 Å². The molecule has 0 amide bonds. The molecule has 1 aliphatic heterocycles. The van der Waals surface area contributed by atoms with Gasteiger partial charge in [0.15, 0.2) is 0 Å². The highest BCUT2D eigenvalue weighted by atomic mass is 35.5. The third-order valence-electron chi connectivity index (χ3n) is 3.83. The second kappa shape index (κ2) is 5.55. The van der Waals surface area contributed by atoms with Crippen LogP contribution >= 0.6 is 11.6 Å². The van der Waals surface area contributed by atoms with Crippen LogP contribution in [0.3, 0.4) is 0 Å². The lowest BCUT2D eigenvalue weighted by molar-refractivity contribution is -0.384. The maximum absolute atomic E-state index is 12.5. The summed E-state index contributed by atoms with van der Waals surface area (Å²) in [6.07, 6.45) is 1.53. The molecule has 8 heteroatoms. The van der Waals surface area contributed by atoms with E-state index in [1.807, 2.05) is 0 Å². The van der Waals surface area contributed by atoms with Crippen LogP contribution in [0.25, 0.3) is 0 Å². The van der Waals surface area contributed by atoms with Crippen molar-refractivity contribution in [1.82, 2.24) is 4.31 Å². The largest absolute Gasteiger partial charge is 0.289 e. The van der Waals surface area contributed by atoms with Crippen LogP contribution < -0.4 is 0 Å². The Bertz CT molecular complexity index is 663. The van der Waals surface area contributed by atoms with Crippen LogP contribution in [0.4, 0.5) is 5.69 Å². The molecular formula is C13H17ClN2O4S. The molecule has 1 heterocycles. The topological polar surface area (TPSA) is 80.5 Å². The first-order valence-corrected chi connectivity index (χ1v) is 8.39. The molecule has 0 atom stereocenters. The van der Waals surface area contributed by atoms with E-state index in [0.29, 0.717) is 13.1 Å². The standard InChI is InChI=1S/C13H17ClN2O4S/c1-13(2)5-7-15(8-6-13)21(19,20)10-3-4-11(14)12(9-10)16(17)18/h3-4,9H,5-8H2,1-2H3. The van der Waals surface area contributed by atoms with Gasteiger partial charge in [0, 0.05) is 19.2 Å². The summed E-state index contributed by atoms with van der Waals surface area (Å²) in [6.45, 7) is 5.05. The molecule has 21 heavy (non-hydrogen) atoms. The lowest BCUT2D eigenvalue weighted by Crippen LogP contribution is -2.41. The third kappa shape index (κ3) is 3.36. The fourth-order valence-corrected chi connectivity index (χ4v) is 3.92. The first-order chi connectivity index (χ1) is 9.63. The molecule has 0 aromatic heterocycles. The normalized spacial score (nSPS) is 19.4. The Balaban J connectivity index is 2.33. The molecule has 2 rings (SSSR count). The molecular weight excluding hydrogens is 316 g/mol. The van der Waals surface area contributed by atoms with Crippen molar-refractivity contribution in [3.05, 3.63) is 33.3 Å². The molecule has 1 aliphatic rings. The minimum Gasteiger partial charge on any atom is -0.258 e. The molecule has 0 aliphatic carbocycles. The molecule has 6 nitrogen and oxygen atoms in total. The summed E-state index contributed by atoms with van der Waals surface area (Å²) in [5.74, 6) is 0. The summed E-state index contributed by atoms with van der Waals surface area (Å²) < 4.78 is 26.5. The molecule has 1 aromatic carbocycles. The second-order valence-corrected chi connectivity index (χ2v) is 8.28. The Morgan fingerprint density at radius 1 is 1.29 bits per heavy atom. The van der Waals surface area contributed by atoms with Crippen molar-refractivity contribution in [3.8, 4) is 0 Å². The van der Waals surface area contributed by atoms with Gasteiger partial charge in [-0.25, -0.2) is 8.42 Å². The number of hydrogen-bond donors (Lipinski definition) is 0. The fourth-order valence-electron chi connectivity index (χ4n) is 2.27. The number of nitro groups is 1. The van der Waals surface area contributed by atoms with E-state index in [1.165, 1.54) is 16.4 Å². The zero-order valence-electron chi connectivity index (χ0n) is 11.9. The Hall–Kier alpha value is -1.18. The first kappa shape index (κ1) is 16.2. The predicted molar refractivity (Wildman–Crippen MR) is 79.9 cm³/mol. The molecule has 1 aromatic rings. The van der Waals surface area contributed by atoms with Crippen LogP contribution in [0.5, 0.6) is 0 Å². The van der Waals surface area contributed by atoms with Gasteiger partial charge < -0.3 is 0 Å². The van der Waals surface area contributed by atoms with Crippen LogP contribution in [0.15, 0.2) is 23.1 Å². The van der Waals surface area contributed by atoms with Crippen molar-refractivity contribution >= 4 is 27.3 Å². The minimum atomic E-state index is -3.71. The molecule has 0 saturated carbocycles. The molecule has 0 bridgehead atoms. The fraction of sp³-hybridized carbons (Fsp3) is 0.538. The van der Waals surface area contributed by atoms with Gasteiger partial charge in [-0.3, -0.25) is 10.1 Å². The van der Waals surface area contributed by atoms with Gasteiger partial charge in [-0.15, -0.1) is 0 Å². The SMILES string of the molecule is CC1(C)CCN(S(=O)(=O)c2ccc(Cl)c([N+](=O)[O-])c2)CC1. The van der Waals surface area contributed by atoms with Crippen molar-refractivity contribution in [3.63, 3.8) is 0 Å². The van der Waals surface area contributed by atoms with Gasteiger partial charge in [-0.2, -0.15) is 4.31 Å². The molecule has 1 fully saturated rings. The van der Waals surface area contributed by atoms with Crippen LogP contribution in [-0.2, 0) is 10.0 Å². The summed E-state index contributed by atoms with van der Waals surface area (Å²) in [6, 6.07) is 3.59. The molecule has 0 N–H and O–H groups in total. The number of sulfonamides is 1. The van der Waals surface area contributed by atoms with Crippen molar-refractivity contribution in [1.29, 1.82) is 0 Å². The van der Waals surface area contributed by atoms with E-state index in [4.69, 9.17) is 11.6 Å². The smallest absolute Gasteiger partial charge is 0.258 e. The van der Waals surface area contributed by atoms with Crippen LogP contribution in [0.2, 0.25) is 5.02 Å². The van der Waals surface area contributed by atoms with E-state index in [9.17, 15) is 18.5 Å². The Morgan fingerprint density at radius 2 is 1.86 bits per heavy atom. The minimum absolute atomic E-state index is 0.0706. The number of benzene rings is 1. The van der Waals surface area contributed by atoms with Gasteiger partial charge in [0.25, 0.3) is 5.69 Å². The zero-order chi connectivity index (χ0) is 15.8. The molecule has 0 spiro atoms. The highest BCUT2D eigenvalue weighted by Gasteiger charge is 2.33. The summed E-state index contributed by atoms with van der Waals surface area (Å²) >= 11 is 5.71. The monoisotopic (exact) mass is 332 g/mol. The Morgan fingerprint density at radius 3 is 2.38 bits per heavy atom. The van der Waals surface area contributed by atoms with Crippen molar-refractivity contribution in [2.24, 2.45) is 5.41 Å². The highest BCUT2D eigenvalue weighted by molar-refractivity contribution is 7.89. The number of halogens is 1. The maximum Gasteiger partial charge on any atom is 0.289 e. The van der Waals surface area contributed by atoms with E-state index in [2.05, 4.69) is 13.8 Å². The average Bonchev–Trinajstić information content (AvgIpc) is 2.38. The van der Waals surface area contributed by atoms with E-state index in [0.717, 1.165) is 18.9 Å². The molecule has 1 saturated heterocycles. The van der Waals surface area contributed by atoms with Gasteiger partial charge in [0.1, 0.15) is 5.02 Å². The predicted octanol–water partition coefficient (Wildman–Crippen LogP) is 3.06. The third-order valence-corrected chi connectivity index (χ3v) is 6.04. The van der Waals surface area contributed by atoms with Gasteiger partial charge in [0.05, 0.1) is 9.82 Å². The van der Waals surface area contributed by atoms with Crippen LogP contribution in [0.1, 0.15) is 26.7 Å². The highest BCUT2D eigenvalue weighted by Crippen LogP contribution is 2.34. The summed E-state index contributed by atoms with van der Waals surface area (Å²) in [4.78, 5) is 10.1. The number of nitrogens with zero attached hydrogens (tertiary/aromatic N) is 2. The summed E-state index contributed by atoms with van der Waals surface area (Å²) in [5, 5.41) is 10.8. The first-order valence-electron chi connectivity index (χ1n) is 6.58. The van der Waals surface area contributed by atoms with Crippen LogP contribution in [0, 0.1) is 15.5 Å². The molecule has 0 radical (unpaired) electrons. The number of piperidine rings is 1. The second-order valence-electron chi connectivity index (χ2n) is 5.94. The molecule has 116 valence electrons. The summed E-state index contributed by atoms with van der Waals surface area (Å²) in [5.41, 5.74) is -0.270. The lowest BCUT2D eigenvalue weighted by atomic mass is 9.83. The average molecular weight is 333 g/mol. The quantitative estimate of drug-likeness (QED) is 0.629. The summed E-state index contributed by atoms with van der Waals surface area (Å²) in [7, 11) is -3.71.